The highest BCUT2D eigenvalue weighted by Crippen LogP contribution is 2.77. The number of hydrogen-bond acceptors (Lipinski definition) is 4. The number of allylic oxidation sites excluding steroid dienone is 1. The van der Waals surface area contributed by atoms with Crippen LogP contribution in [0.3, 0.4) is 0 Å². The van der Waals surface area contributed by atoms with Gasteiger partial charge in [0.25, 0.3) is 0 Å². The largest absolute Gasteiger partial charge is 0.469 e. The van der Waals surface area contributed by atoms with Gasteiger partial charge in [-0.2, -0.15) is 0 Å². The quantitative estimate of drug-likeness (QED) is 0.267. The summed E-state index contributed by atoms with van der Waals surface area (Å²) in [6.45, 7) is 18.6. The Morgan fingerprint density at radius 2 is 1.67 bits per heavy atom. The zero-order valence-electron chi connectivity index (χ0n) is 27.3. The first-order chi connectivity index (χ1) is 19.9. The van der Waals surface area contributed by atoms with Crippen molar-refractivity contribution in [1.29, 1.82) is 0 Å². The minimum absolute atomic E-state index is 0.0429. The Morgan fingerprint density at radius 1 is 0.929 bits per heavy atom. The number of methoxy groups -OCH3 is 1. The standard InChI is InChI=1S/C38H57NO3/c1-25(2)27-15-20-38(33(41)42-7)22-21-36(5)28(32(27)38)13-14-30-34(3)18-17-31(40)35(4,29(34)16-19-37(30,36)6)24-39-23-26-11-9-8-10-12-26/h8-12,27-32,39-40H,1,13-24H2,2-7H3/t27-,28?,29+,30+,31?,32+,34-,35-,36+,37+,38-/m0/s1. The molecule has 1 aromatic rings. The van der Waals surface area contributed by atoms with E-state index >= 15 is 0 Å². The first-order valence-electron chi connectivity index (χ1n) is 17.0. The molecular weight excluding hydrogens is 518 g/mol. The normalized spacial score (nSPS) is 47.9. The number of aliphatic hydroxyl groups excluding tert-OH is 1. The number of benzene rings is 1. The summed E-state index contributed by atoms with van der Waals surface area (Å²) in [5.74, 6) is 2.49. The van der Waals surface area contributed by atoms with Crippen LogP contribution in [-0.4, -0.2) is 30.8 Å². The Morgan fingerprint density at radius 3 is 2.36 bits per heavy atom. The summed E-state index contributed by atoms with van der Waals surface area (Å²) in [7, 11) is 1.60. The molecule has 5 fully saturated rings. The molecule has 5 aliphatic rings. The summed E-state index contributed by atoms with van der Waals surface area (Å²) in [6, 6.07) is 10.7. The van der Waals surface area contributed by atoms with Gasteiger partial charge in [-0.15, -0.1) is 0 Å². The number of fused-ring (bicyclic) bond motifs is 7. The average molecular weight is 576 g/mol. The molecule has 2 unspecified atom stereocenters. The van der Waals surface area contributed by atoms with E-state index in [-0.39, 0.29) is 39.1 Å². The molecule has 5 aliphatic carbocycles. The van der Waals surface area contributed by atoms with Gasteiger partial charge in [0.1, 0.15) is 0 Å². The molecule has 0 spiro atoms. The summed E-state index contributed by atoms with van der Waals surface area (Å²) in [4.78, 5) is 13.5. The van der Waals surface area contributed by atoms with Gasteiger partial charge in [-0.3, -0.25) is 4.79 Å². The molecule has 0 bridgehead atoms. The molecule has 4 nitrogen and oxygen atoms in total. The van der Waals surface area contributed by atoms with Crippen molar-refractivity contribution in [2.75, 3.05) is 13.7 Å². The molecule has 5 saturated carbocycles. The average Bonchev–Trinajstić information content (AvgIpc) is 3.37. The number of carbonyl (C=O) groups is 1. The third kappa shape index (κ3) is 4.09. The number of ether oxygens (including phenoxy) is 1. The maximum Gasteiger partial charge on any atom is 0.312 e. The molecule has 1 aromatic carbocycles. The van der Waals surface area contributed by atoms with Crippen LogP contribution in [0.4, 0.5) is 0 Å². The van der Waals surface area contributed by atoms with Crippen LogP contribution in [0.1, 0.15) is 104 Å². The van der Waals surface area contributed by atoms with Gasteiger partial charge in [-0.1, -0.05) is 70.2 Å². The lowest BCUT2D eigenvalue weighted by Gasteiger charge is -2.73. The van der Waals surface area contributed by atoms with Crippen LogP contribution in [0.2, 0.25) is 0 Å². The van der Waals surface area contributed by atoms with Crippen molar-refractivity contribution in [2.24, 2.45) is 56.7 Å². The van der Waals surface area contributed by atoms with Gasteiger partial charge in [0.15, 0.2) is 0 Å². The number of nitrogens with one attached hydrogen (secondary N) is 1. The predicted molar refractivity (Wildman–Crippen MR) is 169 cm³/mol. The second-order valence-electron chi connectivity index (χ2n) is 16.5. The highest BCUT2D eigenvalue weighted by molar-refractivity contribution is 5.78. The number of rotatable bonds is 6. The Hall–Kier alpha value is -1.65. The van der Waals surface area contributed by atoms with E-state index in [2.05, 4.69) is 76.8 Å². The second-order valence-corrected chi connectivity index (χ2v) is 16.5. The number of carbonyl (C=O) groups excluding carboxylic acids is 1. The van der Waals surface area contributed by atoms with Gasteiger partial charge >= 0.3 is 5.97 Å². The number of esters is 1. The van der Waals surface area contributed by atoms with E-state index < -0.39 is 0 Å². The lowest BCUT2D eigenvalue weighted by atomic mass is 9.32. The lowest BCUT2D eigenvalue weighted by molar-refractivity contribution is -0.250. The van der Waals surface area contributed by atoms with Gasteiger partial charge in [0.05, 0.1) is 18.6 Å². The molecule has 0 aliphatic heterocycles. The Bertz CT molecular complexity index is 1200. The van der Waals surface area contributed by atoms with E-state index in [0.29, 0.717) is 29.6 Å². The summed E-state index contributed by atoms with van der Waals surface area (Å²) < 4.78 is 5.55. The molecule has 6 rings (SSSR count). The van der Waals surface area contributed by atoms with Gasteiger partial charge in [0.2, 0.25) is 0 Å². The third-order valence-electron chi connectivity index (χ3n) is 15.1. The van der Waals surface area contributed by atoms with E-state index in [1.54, 1.807) is 7.11 Å². The van der Waals surface area contributed by atoms with Crippen LogP contribution in [0.5, 0.6) is 0 Å². The molecule has 4 heteroatoms. The van der Waals surface area contributed by atoms with Crippen LogP contribution in [0.25, 0.3) is 0 Å². The number of aliphatic hydroxyl groups is 1. The first-order valence-corrected chi connectivity index (χ1v) is 17.0. The Kier molecular flexibility index (Phi) is 7.57. The maximum absolute atomic E-state index is 13.5. The zero-order valence-corrected chi connectivity index (χ0v) is 27.3. The predicted octanol–water partition coefficient (Wildman–Crippen LogP) is 7.95. The van der Waals surface area contributed by atoms with Crippen molar-refractivity contribution in [1.82, 2.24) is 5.32 Å². The van der Waals surface area contributed by atoms with E-state index in [9.17, 15) is 9.90 Å². The van der Waals surface area contributed by atoms with Crippen LogP contribution < -0.4 is 5.32 Å². The molecule has 0 saturated heterocycles. The zero-order chi connectivity index (χ0) is 30.1. The highest BCUT2D eigenvalue weighted by Gasteiger charge is 2.72. The van der Waals surface area contributed by atoms with E-state index in [0.717, 1.165) is 51.6 Å². The second kappa shape index (κ2) is 10.5. The van der Waals surface area contributed by atoms with Crippen molar-refractivity contribution in [3.8, 4) is 0 Å². The van der Waals surface area contributed by atoms with Crippen LogP contribution >= 0.6 is 0 Å². The van der Waals surface area contributed by atoms with Crippen LogP contribution in [-0.2, 0) is 16.1 Å². The Balaban J connectivity index is 1.30. The smallest absolute Gasteiger partial charge is 0.312 e. The molecule has 0 aromatic heterocycles. The fourth-order valence-electron chi connectivity index (χ4n) is 12.8. The molecular formula is C38H57NO3. The fraction of sp³-hybridized carbons (Fsp3) is 0.763. The summed E-state index contributed by atoms with van der Waals surface area (Å²) in [6.07, 6.45) is 10.7. The molecule has 2 N–H and O–H groups in total. The molecule has 11 atom stereocenters. The van der Waals surface area contributed by atoms with Gasteiger partial charge in [-0.05, 0) is 123 Å². The van der Waals surface area contributed by atoms with E-state index in [1.807, 2.05) is 0 Å². The summed E-state index contributed by atoms with van der Waals surface area (Å²) >= 11 is 0. The molecule has 42 heavy (non-hydrogen) atoms. The van der Waals surface area contributed by atoms with Crippen molar-refractivity contribution in [3.63, 3.8) is 0 Å². The van der Waals surface area contributed by atoms with Gasteiger partial charge in [-0.25, -0.2) is 0 Å². The van der Waals surface area contributed by atoms with Gasteiger partial charge in [0, 0.05) is 18.5 Å². The van der Waals surface area contributed by atoms with Crippen molar-refractivity contribution >= 4 is 5.97 Å². The topological polar surface area (TPSA) is 58.6 Å². The van der Waals surface area contributed by atoms with Crippen molar-refractivity contribution in [3.05, 3.63) is 48.0 Å². The minimum Gasteiger partial charge on any atom is -0.469 e. The van der Waals surface area contributed by atoms with E-state index in [1.165, 1.54) is 36.8 Å². The van der Waals surface area contributed by atoms with Crippen LogP contribution in [0, 0.1) is 56.7 Å². The summed E-state index contributed by atoms with van der Waals surface area (Å²) in [5.41, 5.74) is 2.74. The SMILES string of the molecule is C=C(C)[C@@H]1CC[C@]2(C(=O)OC)CC[C@]3(C)C(CC[C@@H]4[C@@]5(C)CCC(O)[C@@](C)(CNCc6ccccc6)[C@@H]5CC[C@]43C)[C@@H]12. The molecule has 0 amide bonds. The van der Waals surface area contributed by atoms with Crippen molar-refractivity contribution in [2.45, 2.75) is 111 Å². The van der Waals surface area contributed by atoms with Gasteiger partial charge < -0.3 is 15.2 Å². The lowest BCUT2D eigenvalue weighted by Crippen LogP contribution is -2.68. The monoisotopic (exact) mass is 575 g/mol. The first kappa shape index (κ1) is 30.4. The Labute approximate surface area is 255 Å². The van der Waals surface area contributed by atoms with Crippen LogP contribution in [0.15, 0.2) is 42.5 Å². The molecule has 0 heterocycles. The highest BCUT2D eigenvalue weighted by atomic mass is 16.5. The molecule has 0 radical (unpaired) electrons. The summed E-state index contributed by atoms with van der Waals surface area (Å²) in [5, 5.41) is 15.3. The van der Waals surface area contributed by atoms with Crippen molar-refractivity contribution < 1.29 is 14.6 Å². The third-order valence-corrected chi connectivity index (χ3v) is 15.1. The van der Waals surface area contributed by atoms with E-state index in [4.69, 9.17) is 4.74 Å². The molecule has 232 valence electrons. The number of hydrogen-bond donors (Lipinski definition) is 2. The minimum atomic E-state index is -0.329. The maximum atomic E-state index is 13.5. The fourth-order valence-corrected chi connectivity index (χ4v) is 12.8.